The molecule has 2 rings (SSSR count). The Kier molecular flexibility index (Phi) is 3.40. The van der Waals surface area contributed by atoms with E-state index in [0.29, 0.717) is 5.02 Å². The topological polar surface area (TPSA) is 55.1 Å². The highest BCUT2D eigenvalue weighted by molar-refractivity contribution is 6.31. The van der Waals surface area contributed by atoms with E-state index in [4.69, 9.17) is 17.3 Å². The van der Waals surface area contributed by atoms with Gasteiger partial charge in [0, 0.05) is 16.8 Å². The predicted octanol–water partition coefficient (Wildman–Crippen LogP) is 3.20. The number of nitrogens with two attached hydrogens (primary N) is 1. The highest BCUT2D eigenvalue weighted by Gasteiger charge is 2.32. The molecule has 1 aliphatic heterocycles. The maximum Gasteiger partial charge on any atom is 0.232 e. The van der Waals surface area contributed by atoms with E-state index in [2.05, 4.69) is 5.32 Å². The van der Waals surface area contributed by atoms with Gasteiger partial charge in [-0.15, -0.1) is 0 Å². The number of halogens is 1. The zero-order valence-electron chi connectivity index (χ0n) is 10.1. The van der Waals surface area contributed by atoms with Gasteiger partial charge in [-0.25, -0.2) is 0 Å². The first kappa shape index (κ1) is 12.4. The summed E-state index contributed by atoms with van der Waals surface area (Å²) in [6.45, 7) is 4.02. The van der Waals surface area contributed by atoms with Crippen LogP contribution in [0.1, 0.15) is 49.8 Å². The van der Waals surface area contributed by atoms with Crippen molar-refractivity contribution in [3.63, 3.8) is 0 Å². The number of benzene rings is 1. The molecule has 0 spiro atoms. The molecule has 1 aromatic rings. The van der Waals surface area contributed by atoms with Crippen molar-refractivity contribution in [3.05, 3.63) is 28.3 Å². The Labute approximate surface area is 106 Å². The molecule has 0 bridgehead atoms. The number of carbonyl (C=O) groups excluding carboxylic acids is 1. The van der Waals surface area contributed by atoms with Gasteiger partial charge in [-0.3, -0.25) is 4.79 Å². The average Bonchev–Trinajstić information content (AvgIpc) is 2.62. The highest BCUT2D eigenvalue weighted by Crippen LogP contribution is 2.41. The summed E-state index contributed by atoms with van der Waals surface area (Å²) in [6, 6.07) is 3.64. The first-order chi connectivity index (χ1) is 8.08. The average molecular weight is 253 g/mol. The van der Waals surface area contributed by atoms with E-state index >= 15 is 0 Å². The van der Waals surface area contributed by atoms with Crippen LogP contribution in [0.3, 0.4) is 0 Å². The van der Waals surface area contributed by atoms with Crippen molar-refractivity contribution < 1.29 is 4.79 Å². The minimum Gasteiger partial charge on any atom is -0.325 e. The SMILES string of the molecule is CCC(N)c1cc(Cl)cc2c1NC(=O)C2CC. The minimum absolute atomic E-state index is 0.0503. The number of carbonyl (C=O) groups is 1. The Balaban J connectivity index is 2.55. The van der Waals surface area contributed by atoms with Crippen LogP contribution < -0.4 is 11.1 Å². The molecule has 3 nitrogen and oxygen atoms in total. The van der Waals surface area contributed by atoms with Gasteiger partial charge in [-0.2, -0.15) is 0 Å². The molecule has 1 heterocycles. The first-order valence-electron chi connectivity index (χ1n) is 5.98. The van der Waals surface area contributed by atoms with Gasteiger partial charge >= 0.3 is 0 Å². The monoisotopic (exact) mass is 252 g/mol. The van der Waals surface area contributed by atoms with Gasteiger partial charge in [-0.05, 0) is 36.1 Å². The lowest BCUT2D eigenvalue weighted by Gasteiger charge is -2.15. The van der Waals surface area contributed by atoms with Crippen LogP contribution in [0.5, 0.6) is 0 Å². The molecule has 2 unspecified atom stereocenters. The van der Waals surface area contributed by atoms with E-state index in [0.717, 1.165) is 29.7 Å². The van der Waals surface area contributed by atoms with Gasteiger partial charge in [0.15, 0.2) is 0 Å². The van der Waals surface area contributed by atoms with E-state index in [1.54, 1.807) is 0 Å². The van der Waals surface area contributed by atoms with Gasteiger partial charge in [0.25, 0.3) is 0 Å². The molecule has 2 atom stereocenters. The van der Waals surface area contributed by atoms with Gasteiger partial charge in [0.1, 0.15) is 0 Å². The molecule has 0 radical (unpaired) electrons. The van der Waals surface area contributed by atoms with Crippen molar-refractivity contribution in [1.29, 1.82) is 0 Å². The quantitative estimate of drug-likeness (QED) is 0.868. The Morgan fingerprint density at radius 1 is 1.47 bits per heavy atom. The lowest BCUT2D eigenvalue weighted by Crippen LogP contribution is -2.13. The summed E-state index contributed by atoms with van der Waals surface area (Å²) >= 11 is 6.10. The fourth-order valence-electron chi connectivity index (χ4n) is 2.34. The van der Waals surface area contributed by atoms with Gasteiger partial charge in [0.05, 0.1) is 5.92 Å². The van der Waals surface area contributed by atoms with Crippen LogP contribution in [0.15, 0.2) is 12.1 Å². The van der Waals surface area contributed by atoms with Crippen molar-refractivity contribution in [2.24, 2.45) is 5.73 Å². The van der Waals surface area contributed by atoms with E-state index in [-0.39, 0.29) is 17.9 Å². The zero-order valence-corrected chi connectivity index (χ0v) is 10.8. The summed E-state index contributed by atoms with van der Waals surface area (Å²) in [4.78, 5) is 11.8. The van der Waals surface area contributed by atoms with E-state index in [1.807, 2.05) is 26.0 Å². The molecule has 1 amide bonds. The molecule has 0 aromatic heterocycles. The third-order valence-corrected chi connectivity index (χ3v) is 3.57. The lowest BCUT2D eigenvalue weighted by molar-refractivity contribution is -0.117. The van der Waals surface area contributed by atoms with Gasteiger partial charge in [-0.1, -0.05) is 25.4 Å². The smallest absolute Gasteiger partial charge is 0.232 e. The normalized spacial score (nSPS) is 20.0. The van der Waals surface area contributed by atoms with Crippen molar-refractivity contribution in [3.8, 4) is 0 Å². The van der Waals surface area contributed by atoms with E-state index < -0.39 is 0 Å². The van der Waals surface area contributed by atoms with Crippen LogP contribution in [0.25, 0.3) is 0 Å². The van der Waals surface area contributed by atoms with Crippen LogP contribution in [0, 0.1) is 0 Å². The van der Waals surface area contributed by atoms with Crippen LogP contribution in [0.4, 0.5) is 5.69 Å². The van der Waals surface area contributed by atoms with Crippen molar-refractivity contribution >= 4 is 23.2 Å². The predicted molar refractivity (Wildman–Crippen MR) is 70.3 cm³/mol. The van der Waals surface area contributed by atoms with Crippen LogP contribution >= 0.6 is 11.6 Å². The summed E-state index contributed by atoms with van der Waals surface area (Å²) in [5.74, 6) is -0.0409. The highest BCUT2D eigenvalue weighted by atomic mass is 35.5. The molecule has 92 valence electrons. The third kappa shape index (κ3) is 2.05. The summed E-state index contributed by atoms with van der Waals surface area (Å²) in [7, 11) is 0. The molecular formula is C13H17ClN2O. The molecule has 1 aliphatic rings. The Morgan fingerprint density at radius 2 is 2.18 bits per heavy atom. The van der Waals surface area contributed by atoms with Crippen LogP contribution in [-0.4, -0.2) is 5.91 Å². The molecule has 17 heavy (non-hydrogen) atoms. The molecule has 0 saturated heterocycles. The van der Waals surface area contributed by atoms with Crippen LogP contribution in [-0.2, 0) is 4.79 Å². The number of hydrogen-bond donors (Lipinski definition) is 2. The first-order valence-corrected chi connectivity index (χ1v) is 6.36. The minimum atomic E-state index is -0.0912. The second-order valence-electron chi connectivity index (χ2n) is 4.42. The van der Waals surface area contributed by atoms with Gasteiger partial charge in [0.2, 0.25) is 5.91 Å². The third-order valence-electron chi connectivity index (χ3n) is 3.35. The summed E-state index contributed by atoms with van der Waals surface area (Å²) in [5, 5.41) is 3.58. The van der Waals surface area contributed by atoms with Gasteiger partial charge < -0.3 is 11.1 Å². The fraction of sp³-hybridized carbons (Fsp3) is 0.462. The maximum atomic E-state index is 11.8. The molecule has 0 fully saturated rings. The zero-order chi connectivity index (χ0) is 12.6. The maximum absolute atomic E-state index is 11.8. The summed E-state index contributed by atoms with van der Waals surface area (Å²) in [6.07, 6.45) is 1.60. The molecule has 4 heteroatoms. The van der Waals surface area contributed by atoms with Crippen molar-refractivity contribution in [2.45, 2.75) is 38.6 Å². The van der Waals surface area contributed by atoms with E-state index in [1.165, 1.54) is 0 Å². The second-order valence-corrected chi connectivity index (χ2v) is 4.86. The van der Waals surface area contributed by atoms with Crippen molar-refractivity contribution in [2.75, 3.05) is 5.32 Å². The molecule has 0 aliphatic carbocycles. The Hall–Kier alpha value is -1.06. The summed E-state index contributed by atoms with van der Waals surface area (Å²) < 4.78 is 0. The summed E-state index contributed by atoms with van der Waals surface area (Å²) in [5.41, 5.74) is 8.87. The molecule has 3 N–H and O–H groups in total. The van der Waals surface area contributed by atoms with E-state index in [9.17, 15) is 4.79 Å². The molecular weight excluding hydrogens is 236 g/mol. The molecule has 1 aromatic carbocycles. The number of fused-ring (bicyclic) bond motifs is 1. The number of nitrogens with one attached hydrogen (secondary N) is 1. The number of hydrogen-bond acceptors (Lipinski definition) is 2. The Morgan fingerprint density at radius 3 is 2.76 bits per heavy atom. The fourth-order valence-corrected chi connectivity index (χ4v) is 2.57. The molecule has 0 saturated carbocycles. The van der Waals surface area contributed by atoms with Crippen LogP contribution in [0.2, 0.25) is 5.02 Å². The number of rotatable bonds is 3. The van der Waals surface area contributed by atoms with Crippen molar-refractivity contribution in [1.82, 2.24) is 0 Å². The lowest BCUT2D eigenvalue weighted by atomic mass is 9.94. The number of amides is 1. The second kappa shape index (κ2) is 4.67. The standard InChI is InChI=1S/C13H17ClN2O/c1-3-8-9-5-7(14)6-10(11(15)4-2)12(9)16-13(8)17/h5-6,8,11H,3-4,15H2,1-2H3,(H,16,17). The number of anilines is 1. The largest absolute Gasteiger partial charge is 0.325 e. The Bertz CT molecular complexity index is 459.